The summed E-state index contributed by atoms with van der Waals surface area (Å²) in [5.74, 6) is 0.152. The zero-order valence-electron chi connectivity index (χ0n) is 8.10. The summed E-state index contributed by atoms with van der Waals surface area (Å²) in [7, 11) is 0. The first-order valence-corrected chi connectivity index (χ1v) is 4.92. The van der Waals surface area contributed by atoms with Crippen molar-refractivity contribution in [2.75, 3.05) is 0 Å². The minimum Gasteiger partial charge on any atom is -0.294 e. The van der Waals surface area contributed by atoms with E-state index < -0.39 is 0 Å². The maximum absolute atomic E-state index is 11.2. The number of carbonyl (C=O) groups excluding carboxylic acids is 1. The van der Waals surface area contributed by atoms with Crippen molar-refractivity contribution >= 4 is 22.8 Å². The van der Waals surface area contributed by atoms with Gasteiger partial charge in [-0.1, -0.05) is 18.2 Å². The summed E-state index contributed by atoms with van der Waals surface area (Å²) in [6.45, 7) is 0. The zero-order valence-corrected chi connectivity index (χ0v) is 8.10. The van der Waals surface area contributed by atoms with E-state index in [-0.39, 0.29) is 5.78 Å². The quantitative estimate of drug-likeness (QED) is 0.646. The van der Waals surface area contributed by atoms with Gasteiger partial charge in [0.15, 0.2) is 5.78 Å². The van der Waals surface area contributed by atoms with Gasteiger partial charge in [0.05, 0.1) is 11.2 Å². The molecule has 0 radical (unpaired) electrons. The second-order valence-corrected chi connectivity index (χ2v) is 3.70. The number of hydrogen-bond acceptors (Lipinski definition) is 2. The highest BCUT2D eigenvalue weighted by Gasteiger charge is 2.11. The molecule has 3 rings (SSSR count). The maximum Gasteiger partial charge on any atom is 0.160 e. The molecule has 1 aliphatic rings. The van der Waals surface area contributed by atoms with E-state index in [1.165, 1.54) is 0 Å². The Labute approximate surface area is 87.3 Å². The van der Waals surface area contributed by atoms with Crippen molar-refractivity contribution in [3.8, 4) is 0 Å². The van der Waals surface area contributed by atoms with E-state index in [0.29, 0.717) is 6.42 Å². The standard InChI is InChI=1S/C13H9NO/c15-11-5-6-13-10(8-11)7-9-3-1-2-4-12(9)14-13/h1-7H,8H2. The van der Waals surface area contributed by atoms with E-state index in [9.17, 15) is 4.79 Å². The lowest BCUT2D eigenvalue weighted by Crippen LogP contribution is -2.06. The van der Waals surface area contributed by atoms with Crippen LogP contribution in [-0.2, 0) is 11.2 Å². The van der Waals surface area contributed by atoms with Crippen molar-refractivity contribution in [2.45, 2.75) is 6.42 Å². The Morgan fingerprint density at radius 2 is 2.00 bits per heavy atom. The lowest BCUT2D eigenvalue weighted by Gasteiger charge is -2.09. The Balaban J connectivity index is 2.31. The lowest BCUT2D eigenvalue weighted by atomic mass is 9.99. The molecule has 0 bridgehead atoms. The number of pyridine rings is 1. The second-order valence-electron chi connectivity index (χ2n) is 3.70. The molecule has 0 saturated carbocycles. The largest absolute Gasteiger partial charge is 0.294 e. The van der Waals surface area contributed by atoms with Crippen molar-refractivity contribution in [3.63, 3.8) is 0 Å². The maximum atomic E-state index is 11.2. The van der Waals surface area contributed by atoms with Crippen LogP contribution in [0.5, 0.6) is 0 Å². The van der Waals surface area contributed by atoms with E-state index >= 15 is 0 Å². The summed E-state index contributed by atoms with van der Waals surface area (Å²) in [6.07, 6.45) is 3.88. The average Bonchev–Trinajstić information content (AvgIpc) is 2.26. The number of carbonyl (C=O) groups is 1. The third kappa shape index (κ3) is 1.34. The molecular formula is C13H9NO. The fourth-order valence-corrected chi connectivity index (χ4v) is 1.88. The highest BCUT2D eigenvalue weighted by atomic mass is 16.1. The average molecular weight is 195 g/mol. The van der Waals surface area contributed by atoms with E-state index in [4.69, 9.17) is 0 Å². The Kier molecular flexibility index (Phi) is 1.68. The fourth-order valence-electron chi connectivity index (χ4n) is 1.88. The van der Waals surface area contributed by atoms with E-state index in [1.807, 2.05) is 24.3 Å². The molecule has 2 heteroatoms. The van der Waals surface area contributed by atoms with Crippen molar-refractivity contribution in [1.82, 2.24) is 4.98 Å². The Bertz CT molecular complexity index is 584. The smallest absolute Gasteiger partial charge is 0.160 e. The zero-order chi connectivity index (χ0) is 10.3. The second kappa shape index (κ2) is 3.02. The first-order chi connectivity index (χ1) is 7.33. The molecular weight excluding hydrogens is 186 g/mol. The molecule has 0 spiro atoms. The minimum absolute atomic E-state index is 0.152. The van der Waals surface area contributed by atoms with Gasteiger partial charge in [-0.05, 0) is 29.8 Å². The number of fused-ring (bicyclic) bond motifs is 2. The monoisotopic (exact) mass is 195 g/mol. The van der Waals surface area contributed by atoms with E-state index in [1.54, 1.807) is 12.2 Å². The van der Waals surface area contributed by atoms with Gasteiger partial charge in [-0.3, -0.25) is 4.79 Å². The molecule has 15 heavy (non-hydrogen) atoms. The number of hydrogen-bond donors (Lipinski definition) is 0. The summed E-state index contributed by atoms with van der Waals surface area (Å²) in [5.41, 5.74) is 2.93. The van der Waals surface area contributed by atoms with Gasteiger partial charge in [0, 0.05) is 11.8 Å². The number of aromatic nitrogens is 1. The fraction of sp³-hybridized carbons (Fsp3) is 0.0769. The number of rotatable bonds is 0. The molecule has 2 aromatic rings. The Hall–Kier alpha value is -1.96. The molecule has 1 aromatic heterocycles. The van der Waals surface area contributed by atoms with Crippen LogP contribution >= 0.6 is 0 Å². The topological polar surface area (TPSA) is 30.0 Å². The molecule has 1 aromatic carbocycles. The number of nitrogens with zero attached hydrogens (tertiary/aromatic N) is 1. The molecule has 72 valence electrons. The van der Waals surface area contributed by atoms with Gasteiger partial charge in [-0.15, -0.1) is 0 Å². The summed E-state index contributed by atoms with van der Waals surface area (Å²) in [4.78, 5) is 15.8. The van der Waals surface area contributed by atoms with Gasteiger partial charge in [-0.25, -0.2) is 4.98 Å². The van der Waals surface area contributed by atoms with Crippen LogP contribution in [0.3, 0.4) is 0 Å². The molecule has 1 heterocycles. The van der Waals surface area contributed by atoms with Crippen molar-refractivity contribution in [1.29, 1.82) is 0 Å². The van der Waals surface area contributed by atoms with Crippen LogP contribution in [0.2, 0.25) is 0 Å². The van der Waals surface area contributed by atoms with Crippen LogP contribution in [0.15, 0.2) is 36.4 Å². The van der Waals surface area contributed by atoms with Crippen molar-refractivity contribution in [3.05, 3.63) is 47.7 Å². The number of allylic oxidation sites excluding steroid dienone is 1. The molecule has 0 atom stereocenters. The van der Waals surface area contributed by atoms with Crippen LogP contribution in [0.1, 0.15) is 11.3 Å². The molecule has 0 fully saturated rings. The van der Waals surface area contributed by atoms with E-state index in [2.05, 4.69) is 11.1 Å². The SMILES string of the molecule is O=C1C=Cc2nc3ccccc3cc2C1. The predicted molar refractivity (Wildman–Crippen MR) is 59.5 cm³/mol. The number of ketones is 1. The van der Waals surface area contributed by atoms with Gasteiger partial charge < -0.3 is 0 Å². The number of benzene rings is 1. The lowest BCUT2D eigenvalue weighted by molar-refractivity contribution is -0.114. The highest BCUT2D eigenvalue weighted by Crippen LogP contribution is 2.21. The normalized spacial score (nSPS) is 14.3. The molecule has 0 unspecified atom stereocenters. The Morgan fingerprint density at radius 1 is 1.13 bits per heavy atom. The van der Waals surface area contributed by atoms with Crippen LogP contribution in [0, 0.1) is 0 Å². The summed E-state index contributed by atoms with van der Waals surface area (Å²) >= 11 is 0. The van der Waals surface area contributed by atoms with Crippen LogP contribution in [0.4, 0.5) is 0 Å². The number of para-hydroxylation sites is 1. The molecule has 0 saturated heterocycles. The van der Waals surface area contributed by atoms with Gasteiger partial charge >= 0.3 is 0 Å². The summed E-state index contributed by atoms with van der Waals surface area (Å²) in [5, 5.41) is 1.10. The molecule has 0 N–H and O–H groups in total. The predicted octanol–water partition coefficient (Wildman–Crippen LogP) is 2.37. The third-order valence-corrected chi connectivity index (χ3v) is 2.63. The third-order valence-electron chi connectivity index (χ3n) is 2.63. The first-order valence-electron chi connectivity index (χ1n) is 4.92. The van der Waals surface area contributed by atoms with Crippen LogP contribution < -0.4 is 0 Å². The van der Waals surface area contributed by atoms with E-state index in [0.717, 1.165) is 22.2 Å². The summed E-state index contributed by atoms with van der Waals surface area (Å²) in [6, 6.07) is 10.0. The molecule has 0 aliphatic heterocycles. The van der Waals surface area contributed by atoms with Gasteiger partial charge in [0.25, 0.3) is 0 Å². The molecule has 0 amide bonds. The van der Waals surface area contributed by atoms with Crippen LogP contribution in [-0.4, -0.2) is 10.8 Å². The minimum atomic E-state index is 0.152. The molecule has 2 nitrogen and oxygen atoms in total. The first kappa shape index (κ1) is 8.36. The molecule has 1 aliphatic carbocycles. The summed E-state index contributed by atoms with van der Waals surface area (Å²) < 4.78 is 0. The van der Waals surface area contributed by atoms with Gasteiger partial charge in [-0.2, -0.15) is 0 Å². The van der Waals surface area contributed by atoms with Crippen molar-refractivity contribution < 1.29 is 4.79 Å². The Morgan fingerprint density at radius 3 is 2.93 bits per heavy atom. The van der Waals surface area contributed by atoms with Gasteiger partial charge in [0.1, 0.15) is 0 Å². The highest BCUT2D eigenvalue weighted by molar-refractivity contribution is 5.99. The van der Waals surface area contributed by atoms with Crippen molar-refractivity contribution in [2.24, 2.45) is 0 Å². The van der Waals surface area contributed by atoms with Gasteiger partial charge in [0.2, 0.25) is 0 Å². The van der Waals surface area contributed by atoms with Crippen LogP contribution in [0.25, 0.3) is 17.0 Å².